The third-order valence-corrected chi connectivity index (χ3v) is 3.29. The quantitative estimate of drug-likeness (QED) is 0.351. The smallest absolute Gasteiger partial charge is 0.328 e. The van der Waals surface area contributed by atoms with Gasteiger partial charge in [0.25, 0.3) is 11.8 Å². The summed E-state index contributed by atoms with van der Waals surface area (Å²) >= 11 is 0. The maximum atomic E-state index is 11.8. The van der Waals surface area contributed by atoms with Gasteiger partial charge in [0.15, 0.2) is 11.5 Å². The molecule has 0 bridgehead atoms. The number of benzene rings is 1. The molecule has 1 aliphatic rings. The second kappa shape index (κ2) is 7.84. The first-order valence-electron chi connectivity index (χ1n) is 7.26. The molecule has 4 amide bonds. The number of ether oxygens (including phenoxy) is 2. The molecule has 128 valence electrons. The zero-order valence-corrected chi connectivity index (χ0v) is 13.5. The Labute approximate surface area is 144 Å². The van der Waals surface area contributed by atoms with E-state index in [1.165, 1.54) is 13.2 Å². The summed E-state index contributed by atoms with van der Waals surface area (Å²) in [5.74, 6) is 1.70. The van der Waals surface area contributed by atoms with Gasteiger partial charge >= 0.3 is 6.03 Å². The standard InChI is InChI=1S/C18H16N2O5/c1-4-6-12-8-11(10-14(24-3)15(12)25-7-5-2)9-13-16(21)19-18(23)20-17(13)22/h2,4,8-10H,1,6-7H2,3H3,(H2,19,20,21,22,23). The van der Waals surface area contributed by atoms with Crippen LogP contribution >= 0.6 is 0 Å². The molecule has 1 fully saturated rings. The van der Waals surface area contributed by atoms with E-state index in [4.69, 9.17) is 15.9 Å². The molecule has 2 N–H and O–H groups in total. The lowest BCUT2D eigenvalue weighted by molar-refractivity contribution is -0.123. The van der Waals surface area contributed by atoms with Crippen LogP contribution in [0.4, 0.5) is 4.79 Å². The number of amides is 4. The SMILES string of the molecule is C#CCOc1c(CC=C)cc(C=C2C(=O)NC(=O)NC2=O)cc1OC. The molecule has 1 saturated heterocycles. The van der Waals surface area contributed by atoms with Crippen molar-refractivity contribution in [2.75, 3.05) is 13.7 Å². The van der Waals surface area contributed by atoms with Crippen molar-refractivity contribution < 1.29 is 23.9 Å². The Morgan fingerprint density at radius 1 is 1.24 bits per heavy atom. The summed E-state index contributed by atoms with van der Waals surface area (Å²) in [6.45, 7) is 3.76. The molecule has 0 saturated carbocycles. The number of urea groups is 1. The van der Waals surface area contributed by atoms with Crippen molar-refractivity contribution >= 4 is 23.9 Å². The highest BCUT2D eigenvalue weighted by Crippen LogP contribution is 2.34. The Morgan fingerprint density at radius 2 is 1.92 bits per heavy atom. The van der Waals surface area contributed by atoms with Crippen LogP contribution in [0.15, 0.2) is 30.4 Å². The zero-order valence-electron chi connectivity index (χ0n) is 13.5. The molecule has 0 aromatic heterocycles. The van der Waals surface area contributed by atoms with Gasteiger partial charge in [-0.3, -0.25) is 20.2 Å². The summed E-state index contributed by atoms with van der Waals surface area (Å²) in [7, 11) is 1.46. The number of imide groups is 2. The van der Waals surface area contributed by atoms with Crippen LogP contribution in [-0.4, -0.2) is 31.6 Å². The van der Waals surface area contributed by atoms with Gasteiger partial charge in [0.05, 0.1) is 7.11 Å². The molecule has 0 radical (unpaired) electrons. The Balaban J connectivity index is 2.49. The highest BCUT2D eigenvalue weighted by molar-refractivity contribution is 6.31. The average molecular weight is 340 g/mol. The summed E-state index contributed by atoms with van der Waals surface area (Å²) in [5.41, 5.74) is 1.06. The highest BCUT2D eigenvalue weighted by atomic mass is 16.5. The molecule has 7 nitrogen and oxygen atoms in total. The third kappa shape index (κ3) is 4.06. The molecular formula is C18H16N2O5. The van der Waals surface area contributed by atoms with Crippen LogP contribution in [0.25, 0.3) is 6.08 Å². The number of rotatable bonds is 6. The number of terminal acetylenes is 1. The topological polar surface area (TPSA) is 93.7 Å². The molecule has 1 aromatic carbocycles. The largest absolute Gasteiger partial charge is 0.493 e. The fourth-order valence-electron chi connectivity index (χ4n) is 2.28. The molecule has 1 heterocycles. The van der Waals surface area contributed by atoms with Gasteiger partial charge in [0.2, 0.25) is 0 Å². The monoisotopic (exact) mass is 340 g/mol. The fourth-order valence-corrected chi connectivity index (χ4v) is 2.28. The number of hydrogen-bond donors (Lipinski definition) is 2. The molecule has 0 unspecified atom stereocenters. The minimum absolute atomic E-state index is 0.0634. The first-order chi connectivity index (χ1) is 12.0. The van der Waals surface area contributed by atoms with Crippen molar-refractivity contribution in [3.8, 4) is 23.8 Å². The molecule has 7 heteroatoms. The van der Waals surface area contributed by atoms with Gasteiger partial charge in [0, 0.05) is 5.56 Å². The van der Waals surface area contributed by atoms with E-state index in [1.54, 1.807) is 18.2 Å². The Hall–Kier alpha value is -3.53. The third-order valence-electron chi connectivity index (χ3n) is 3.29. The van der Waals surface area contributed by atoms with Crippen LogP contribution in [-0.2, 0) is 16.0 Å². The van der Waals surface area contributed by atoms with Crippen molar-refractivity contribution in [2.24, 2.45) is 0 Å². The van der Waals surface area contributed by atoms with Crippen molar-refractivity contribution in [3.63, 3.8) is 0 Å². The van der Waals surface area contributed by atoms with E-state index < -0.39 is 17.8 Å². The van der Waals surface area contributed by atoms with Crippen molar-refractivity contribution in [2.45, 2.75) is 6.42 Å². The van der Waals surface area contributed by atoms with E-state index in [1.807, 2.05) is 10.6 Å². The van der Waals surface area contributed by atoms with Crippen molar-refractivity contribution in [3.05, 3.63) is 41.5 Å². The van der Waals surface area contributed by atoms with Gasteiger partial charge in [0.1, 0.15) is 12.2 Å². The fraction of sp³-hybridized carbons (Fsp3) is 0.167. The maximum Gasteiger partial charge on any atom is 0.328 e. The molecule has 1 aliphatic heterocycles. The Morgan fingerprint density at radius 3 is 2.48 bits per heavy atom. The molecule has 2 rings (SSSR count). The van der Waals surface area contributed by atoms with E-state index in [9.17, 15) is 14.4 Å². The minimum atomic E-state index is -0.852. The molecule has 0 atom stereocenters. The van der Waals surface area contributed by atoms with Gasteiger partial charge in [-0.25, -0.2) is 4.79 Å². The van der Waals surface area contributed by atoms with E-state index in [2.05, 4.69) is 12.5 Å². The Bertz CT molecular complexity index is 795. The predicted molar refractivity (Wildman–Crippen MR) is 90.9 cm³/mol. The van der Waals surface area contributed by atoms with E-state index >= 15 is 0 Å². The highest BCUT2D eigenvalue weighted by Gasteiger charge is 2.27. The number of carbonyl (C=O) groups is 3. The lowest BCUT2D eigenvalue weighted by atomic mass is 10.0. The summed E-state index contributed by atoms with van der Waals surface area (Å²) in [6, 6.07) is 2.47. The average Bonchev–Trinajstić information content (AvgIpc) is 2.57. The van der Waals surface area contributed by atoms with Crippen LogP contribution in [0.5, 0.6) is 11.5 Å². The maximum absolute atomic E-state index is 11.8. The van der Waals surface area contributed by atoms with Crippen LogP contribution in [0.1, 0.15) is 11.1 Å². The number of nitrogens with one attached hydrogen (secondary N) is 2. The van der Waals surface area contributed by atoms with Gasteiger partial charge < -0.3 is 9.47 Å². The van der Waals surface area contributed by atoms with Crippen LogP contribution in [0.3, 0.4) is 0 Å². The Kier molecular flexibility index (Phi) is 5.58. The number of carbonyl (C=O) groups excluding carboxylic acids is 3. The van der Waals surface area contributed by atoms with E-state index in [0.29, 0.717) is 23.5 Å². The van der Waals surface area contributed by atoms with E-state index in [0.717, 1.165) is 5.56 Å². The first kappa shape index (κ1) is 17.8. The summed E-state index contributed by atoms with van der Waals surface area (Å²) in [4.78, 5) is 34.8. The second-order valence-electron chi connectivity index (χ2n) is 4.99. The lowest BCUT2D eigenvalue weighted by Crippen LogP contribution is -2.51. The molecule has 0 spiro atoms. The number of hydrogen-bond acceptors (Lipinski definition) is 5. The van der Waals surface area contributed by atoms with Crippen molar-refractivity contribution in [1.82, 2.24) is 10.6 Å². The molecular weight excluding hydrogens is 324 g/mol. The van der Waals surface area contributed by atoms with Gasteiger partial charge in [-0.05, 0) is 30.2 Å². The normalized spacial score (nSPS) is 13.4. The molecule has 25 heavy (non-hydrogen) atoms. The lowest BCUT2D eigenvalue weighted by Gasteiger charge is -2.16. The first-order valence-corrected chi connectivity index (χ1v) is 7.26. The zero-order chi connectivity index (χ0) is 18.4. The summed E-state index contributed by atoms with van der Waals surface area (Å²) in [6.07, 6.45) is 8.72. The molecule has 0 aliphatic carbocycles. The van der Waals surface area contributed by atoms with Crippen LogP contribution in [0, 0.1) is 12.3 Å². The second-order valence-corrected chi connectivity index (χ2v) is 4.99. The number of barbiturate groups is 1. The van der Waals surface area contributed by atoms with Crippen LogP contribution < -0.4 is 20.1 Å². The minimum Gasteiger partial charge on any atom is -0.493 e. The summed E-state index contributed by atoms with van der Waals surface area (Å²) in [5, 5.41) is 4.03. The predicted octanol–water partition coefficient (Wildman–Crippen LogP) is 1.19. The summed E-state index contributed by atoms with van der Waals surface area (Å²) < 4.78 is 10.8. The number of methoxy groups -OCH3 is 1. The van der Waals surface area contributed by atoms with Gasteiger partial charge in [-0.1, -0.05) is 12.0 Å². The van der Waals surface area contributed by atoms with Crippen LogP contribution in [0.2, 0.25) is 0 Å². The van der Waals surface area contributed by atoms with Gasteiger partial charge in [-0.2, -0.15) is 0 Å². The molecule has 1 aromatic rings. The van der Waals surface area contributed by atoms with Crippen molar-refractivity contribution in [1.29, 1.82) is 0 Å². The van der Waals surface area contributed by atoms with E-state index in [-0.39, 0.29) is 12.2 Å². The van der Waals surface area contributed by atoms with Gasteiger partial charge in [-0.15, -0.1) is 13.0 Å². The number of allylic oxidation sites excluding steroid dienone is 1.